The number of hydrogen-bond acceptors (Lipinski definition) is 4. The number of halogens is 1. The second-order valence-corrected chi connectivity index (χ2v) is 6.30. The molecule has 1 unspecified atom stereocenters. The molecule has 1 fully saturated rings. The molecule has 0 radical (unpaired) electrons. The van der Waals surface area contributed by atoms with Gasteiger partial charge in [0.05, 0.1) is 6.10 Å². The second kappa shape index (κ2) is 9.21. The molecule has 0 aromatic heterocycles. The Labute approximate surface area is 138 Å². The summed E-state index contributed by atoms with van der Waals surface area (Å²) < 4.78 is 18.8. The van der Waals surface area contributed by atoms with E-state index in [2.05, 4.69) is 17.1 Å². The first kappa shape index (κ1) is 18.2. The summed E-state index contributed by atoms with van der Waals surface area (Å²) in [5.74, 6) is -0.200. The third kappa shape index (κ3) is 5.44. The Morgan fingerprint density at radius 2 is 2.09 bits per heavy atom. The minimum absolute atomic E-state index is 0.0927. The van der Waals surface area contributed by atoms with Crippen molar-refractivity contribution in [2.45, 2.75) is 44.8 Å². The van der Waals surface area contributed by atoms with Crippen molar-refractivity contribution in [2.24, 2.45) is 0 Å². The van der Waals surface area contributed by atoms with Crippen molar-refractivity contribution in [2.75, 3.05) is 38.3 Å². The van der Waals surface area contributed by atoms with Crippen molar-refractivity contribution in [1.29, 1.82) is 0 Å². The summed E-state index contributed by atoms with van der Waals surface area (Å²) in [7, 11) is 1.71. The van der Waals surface area contributed by atoms with E-state index in [1.165, 1.54) is 6.07 Å². The minimum Gasteiger partial charge on any atom is -0.393 e. The monoisotopic (exact) mass is 324 g/mol. The first-order valence-corrected chi connectivity index (χ1v) is 8.56. The largest absolute Gasteiger partial charge is 0.393 e. The molecule has 1 aromatic rings. The van der Waals surface area contributed by atoms with Crippen LogP contribution >= 0.6 is 0 Å². The van der Waals surface area contributed by atoms with Crippen molar-refractivity contribution in [1.82, 2.24) is 5.32 Å². The van der Waals surface area contributed by atoms with Gasteiger partial charge in [0.25, 0.3) is 0 Å². The van der Waals surface area contributed by atoms with Crippen LogP contribution in [0.4, 0.5) is 10.1 Å². The third-order valence-corrected chi connectivity index (χ3v) is 4.49. The average molecular weight is 324 g/mol. The highest BCUT2D eigenvalue weighted by atomic mass is 19.1. The summed E-state index contributed by atoms with van der Waals surface area (Å²) in [6.45, 7) is 5.38. The van der Waals surface area contributed by atoms with Gasteiger partial charge in [-0.25, -0.2) is 4.39 Å². The van der Waals surface area contributed by atoms with Crippen molar-refractivity contribution >= 4 is 5.69 Å². The maximum Gasteiger partial charge on any atom is 0.123 e. The molecule has 0 amide bonds. The minimum atomic E-state index is -0.202. The van der Waals surface area contributed by atoms with Crippen LogP contribution in [0.2, 0.25) is 0 Å². The molecule has 0 spiro atoms. The molecule has 5 heteroatoms. The molecule has 1 atom stereocenters. The number of benzene rings is 1. The highest BCUT2D eigenvalue weighted by molar-refractivity contribution is 5.55. The summed E-state index contributed by atoms with van der Waals surface area (Å²) in [6.07, 6.45) is 3.41. The topological polar surface area (TPSA) is 44.7 Å². The van der Waals surface area contributed by atoms with E-state index >= 15 is 0 Å². The van der Waals surface area contributed by atoms with Crippen LogP contribution in [0.3, 0.4) is 0 Å². The maximum absolute atomic E-state index is 13.7. The molecule has 130 valence electrons. The van der Waals surface area contributed by atoms with E-state index in [0.29, 0.717) is 0 Å². The van der Waals surface area contributed by atoms with Crippen molar-refractivity contribution in [3.63, 3.8) is 0 Å². The molecule has 1 heterocycles. The molecule has 23 heavy (non-hydrogen) atoms. The number of ether oxygens (including phenoxy) is 1. The van der Waals surface area contributed by atoms with Crippen LogP contribution in [-0.2, 0) is 4.74 Å². The zero-order chi connectivity index (χ0) is 16.7. The zero-order valence-electron chi connectivity index (χ0n) is 14.2. The number of unbranched alkanes of at least 4 members (excludes halogenated alkanes) is 1. The summed E-state index contributed by atoms with van der Waals surface area (Å²) >= 11 is 0. The Morgan fingerprint density at radius 3 is 2.78 bits per heavy atom. The fourth-order valence-corrected chi connectivity index (χ4v) is 3.07. The zero-order valence-corrected chi connectivity index (χ0v) is 14.2. The van der Waals surface area contributed by atoms with Crippen molar-refractivity contribution < 1.29 is 14.2 Å². The summed E-state index contributed by atoms with van der Waals surface area (Å²) in [5, 5.41) is 13.1. The van der Waals surface area contributed by atoms with Gasteiger partial charge < -0.3 is 20.1 Å². The average Bonchev–Trinajstić information content (AvgIpc) is 2.55. The molecular formula is C18H29FN2O2. The van der Waals surface area contributed by atoms with Gasteiger partial charge >= 0.3 is 0 Å². The molecule has 0 saturated carbocycles. The van der Waals surface area contributed by atoms with Gasteiger partial charge in [0.2, 0.25) is 0 Å². The van der Waals surface area contributed by atoms with Gasteiger partial charge in [-0.05, 0) is 62.9 Å². The van der Waals surface area contributed by atoms with Crippen LogP contribution in [0.1, 0.15) is 44.2 Å². The summed E-state index contributed by atoms with van der Waals surface area (Å²) in [6, 6.07) is 5.11. The standard InChI is InChI=1S/C18H29FN2O2/c1-14(20-9-3-4-12-23-2)17-13-15(19)5-6-18(17)21-10-7-16(22)8-11-21/h5-6,13-14,16,20,22H,3-4,7-12H2,1-2H3. The molecule has 1 aromatic carbocycles. The van der Waals surface area contributed by atoms with Crippen LogP contribution in [0.15, 0.2) is 18.2 Å². The molecule has 1 aliphatic heterocycles. The lowest BCUT2D eigenvalue weighted by Crippen LogP contribution is -2.37. The molecule has 0 bridgehead atoms. The summed E-state index contributed by atoms with van der Waals surface area (Å²) in [4.78, 5) is 2.25. The maximum atomic E-state index is 13.7. The number of hydrogen-bond donors (Lipinski definition) is 2. The van der Waals surface area contributed by atoms with E-state index in [-0.39, 0.29) is 18.0 Å². The Morgan fingerprint density at radius 1 is 1.35 bits per heavy atom. The lowest BCUT2D eigenvalue weighted by Gasteiger charge is -2.34. The quantitative estimate of drug-likeness (QED) is 0.722. The van der Waals surface area contributed by atoms with Crippen LogP contribution < -0.4 is 10.2 Å². The van der Waals surface area contributed by atoms with E-state index in [9.17, 15) is 9.50 Å². The second-order valence-electron chi connectivity index (χ2n) is 6.30. The SMILES string of the molecule is COCCCCNC(C)c1cc(F)ccc1N1CCC(O)CC1. The van der Waals surface area contributed by atoms with Crippen LogP contribution in [0, 0.1) is 5.82 Å². The number of piperidine rings is 1. The highest BCUT2D eigenvalue weighted by Gasteiger charge is 2.21. The van der Waals surface area contributed by atoms with Crippen molar-refractivity contribution in [3.8, 4) is 0 Å². The molecule has 0 aliphatic carbocycles. The van der Waals surface area contributed by atoms with E-state index in [4.69, 9.17) is 4.74 Å². The first-order valence-electron chi connectivity index (χ1n) is 8.56. The number of rotatable bonds is 8. The van der Waals surface area contributed by atoms with Crippen LogP contribution in [-0.4, -0.2) is 44.6 Å². The van der Waals surface area contributed by atoms with E-state index in [1.54, 1.807) is 13.2 Å². The van der Waals surface area contributed by atoms with Gasteiger partial charge in [0.1, 0.15) is 5.82 Å². The highest BCUT2D eigenvalue weighted by Crippen LogP contribution is 2.29. The number of aliphatic hydroxyl groups excluding tert-OH is 1. The van der Waals surface area contributed by atoms with Gasteiger partial charge in [0, 0.05) is 38.5 Å². The fraction of sp³-hybridized carbons (Fsp3) is 0.667. The lowest BCUT2D eigenvalue weighted by atomic mass is 10.0. The Hall–Kier alpha value is -1.17. The van der Waals surface area contributed by atoms with Gasteiger partial charge in [0.15, 0.2) is 0 Å². The number of anilines is 1. The molecule has 1 saturated heterocycles. The van der Waals surface area contributed by atoms with E-state index in [0.717, 1.165) is 63.2 Å². The number of methoxy groups -OCH3 is 1. The van der Waals surface area contributed by atoms with Crippen LogP contribution in [0.25, 0.3) is 0 Å². The Balaban J connectivity index is 2.00. The van der Waals surface area contributed by atoms with Gasteiger partial charge in [-0.1, -0.05) is 0 Å². The summed E-state index contributed by atoms with van der Waals surface area (Å²) in [5.41, 5.74) is 2.07. The Bertz CT molecular complexity index is 476. The lowest BCUT2D eigenvalue weighted by molar-refractivity contribution is 0.145. The first-order chi connectivity index (χ1) is 11.1. The van der Waals surface area contributed by atoms with Gasteiger partial charge in [-0.15, -0.1) is 0 Å². The Kier molecular flexibility index (Phi) is 7.27. The van der Waals surface area contributed by atoms with E-state index < -0.39 is 0 Å². The molecule has 2 N–H and O–H groups in total. The fourth-order valence-electron chi connectivity index (χ4n) is 3.07. The molecule has 2 rings (SSSR count). The van der Waals surface area contributed by atoms with Gasteiger partial charge in [-0.2, -0.15) is 0 Å². The number of nitrogens with one attached hydrogen (secondary N) is 1. The van der Waals surface area contributed by atoms with Crippen molar-refractivity contribution in [3.05, 3.63) is 29.6 Å². The molecule has 1 aliphatic rings. The predicted octanol–water partition coefficient (Wildman–Crippen LogP) is 2.86. The molecule has 4 nitrogen and oxygen atoms in total. The van der Waals surface area contributed by atoms with E-state index in [1.807, 2.05) is 6.07 Å². The smallest absolute Gasteiger partial charge is 0.123 e. The number of aliphatic hydroxyl groups is 1. The normalized spacial score (nSPS) is 17.5. The number of nitrogens with zero attached hydrogens (tertiary/aromatic N) is 1. The van der Waals surface area contributed by atoms with Gasteiger partial charge in [-0.3, -0.25) is 0 Å². The molecular weight excluding hydrogens is 295 g/mol. The third-order valence-electron chi connectivity index (χ3n) is 4.49. The van der Waals surface area contributed by atoms with Crippen LogP contribution in [0.5, 0.6) is 0 Å². The predicted molar refractivity (Wildman–Crippen MR) is 91.4 cm³/mol.